The number of halogens is 2. The van der Waals surface area contributed by atoms with Crippen LogP contribution in [0.15, 0.2) is 64.1 Å². The molecule has 0 saturated heterocycles. The van der Waals surface area contributed by atoms with Crippen LogP contribution in [-0.2, 0) is 39.3 Å². The number of amides is 2. The third-order valence-electron chi connectivity index (χ3n) is 10.7. The molecule has 0 spiro atoms. The van der Waals surface area contributed by atoms with Crippen LogP contribution in [0.25, 0.3) is 0 Å². The number of rotatable bonds is 7. The number of hydrogen-bond acceptors (Lipinski definition) is 10. The van der Waals surface area contributed by atoms with Crippen molar-refractivity contribution in [1.82, 2.24) is 9.78 Å². The minimum atomic E-state index is -3.72. The molecule has 6 atom stereocenters. The van der Waals surface area contributed by atoms with Gasteiger partial charge < -0.3 is 24.2 Å². The highest BCUT2D eigenvalue weighted by Crippen LogP contribution is 2.42. The number of aliphatic hydroxyl groups excluding tert-OH is 1. The van der Waals surface area contributed by atoms with Crippen molar-refractivity contribution in [2.24, 2.45) is 34.2 Å². The summed E-state index contributed by atoms with van der Waals surface area (Å²) < 4.78 is 38.0. The first-order valence-electron chi connectivity index (χ1n) is 19.2. The lowest BCUT2D eigenvalue weighted by Crippen LogP contribution is -2.44. The molecule has 1 N–H and O–H groups in total. The molecule has 6 rings (SSSR count). The van der Waals surface area contributed by atoms with Crippen LogP contribution in [0.3, 0.4) is 0 Å². The van der Waals surface area contributed by atoms with Crippen molar-refractivity contribution in [3.8, 4) is 11.6 Å². The monoisotopic (exact) mass is 885 g/mol. The van der Waals surface area contributed by atoms with E-state index in [-0.39, 0.29) is 47.0 Å². The van der Waals surface area contributed by atoms with Gasteiger partial charge in [-0.05, 0) is 97.9 Å². The van der Waals surface area contributed by atoms with Crippen molar-refractivity contribution in [3.05, 3.63) is 82.0 Å². The first-order chi connectivity index (χ1) is 27.4. The molecule has 3 aliphatic rings. The number of aliphatic imine (C=N–C) groups is 1. The quantitative estimate of drug-likeness (QED) is 0.0864. The Labute approximate surface area is 347 Å². The third-order valence-corrected chi connectivity index (χ3v) is 13.4. The number of methoxy groups -OCH3 is 1. The number of aryl methyl sites for hydroxylation is 2. The van der Waals surface area contributed by atoms with Gasteiger partial charge in [-0.1, -0.05) is 46.6 Å². The molecule has 2 amide bonds. The predicted molar refractivity (Wildman–Crippen MR) is 223 cm³/mol. The normalized spacial score (nSPS) is 26.1. The van der Waals surface area contributed by atoms with Gasteiger partial charge in [0.1, 0.15) is 23.0 Å². The average Bonchev–Trinajstić information content (AvgIpc) is 3.55. The smallest absolute Gasteiger partial charge is 0.306 e. The van der Waals surface area contributed by atoms with Gasteiger partial charge in [0.05, 0.1) is 35.2 Å². The number of fused-ring (bicyclic) bond motifs is 3. The molecule has 1 fully saturated rings. The van der Waals surface area contributed by atoms with Gasteiger partial charge in [-0.15, -0.1) is 5.10 Å². The van der Waals surface area contributed by atoms with E-state index in [1.54, 1.807) is 44.3 Å². The second-order valence-electron chi connectivity index (χ2n) is 14.9. The maximum absolute atomic E-state index is 14.7. The van der Waals surface area contributed by atoms with Crippen LogP contribution >= 0.6 is 27.5 Å². The summed E-state index contributed by atoms with van der Waals surface area (Å²) in [7, 11) is -0.739. The third kappa shape index (κ3) is 10.7. The highest BCUT2D eigenvalue weighted by Gasteiger charge is 2.40. The molecule has 2 unspecified atom stereocenters. The van der Waals surface area contributed by atoms with Crippen molar-refractivity contribution < 1.29 is 37.9 Å². The predicted octanol–water partition coefficient (Wildman–Crippen LogP) is 6.96. The van der Waals surface area contributed by atoms with E-state index in [0.29, 0.717) is 47.9 Å². The molecular formula is C41H49BrClN5O8S. The Kier molecular flexibility index (Phi) is 14.3. The van der Waals surface area contributed by atoms with Gasteiger partial charge in [-0.2, -0.15) is 4.36 Å². The molecule has 16 heteroatoms. The molecule has 13 nitrogen and oxygen atoms in total. The van der Waals surface area contributed by atoms with Crippen LogP contribution in [-0.4, -0.2) is 86.0 Å². The van der Waals surface area contributed by atoms with Gasteiger partial charge in [-0.25, -0.2) is 9.20 Å². The summed E-state index contributed by atoms with van der Waals surface area (Å²) in [6.45, 7) is 3.15. The zero-order valence-corrected chi connectivity index (χ0v) is 35.5. The number of aromatic nitrogens is 2. The number of benzene rings is 2. The topological polar surface area (TPSA) is 162 Å². The molecule has 57 heavy (non-hydrogen) atoms. The SMILES string of the molecule is COc1nn(C)cc1C(=O)N=CS1(=O)=NC(=O)c2ccc3c(c2)N(Cc2ccc(Cl)cc2CCCCO3)C[C@@H]2CC[C@H]2[C@@H](OC(=O)CCCBr)/C=C/C(O)[C@H](C)C1. The highest BCUT2D eigenvalue weighted by molar-refractivity contribution is 9.09. The van der Waals surface area contributed by atoms with Crippen LogP contribution in [0, 0.1) is 17.8 Å². The molecule has 2 aromatic carbocycles. The molecule has 1 aliphatic carbocycles. The molecule has 3 aromatic rings. The molecule has 3 heterocycles. The summed E-state index contributed by atoms with van der Waals surface area (Å²) in [6, 6.07) is 11.0. The summed E-state index contributed by atoms with van der Waals surface area (Å²) in [6.07, 6.45) is 7.99. The fraction of sp³-hybridized carbons (Fsp3) is 0.488. The molecule has 2 aliphatic heterocycles. The lowest BCUT2D eigenvalue weighted by Gasteiger charge is -2.43. The second kappa shape index (κ2) is 19.1. The van der Waals surface area contributed by atoms with Crippen LogP contribution < -0.4 is 14.4 Å². The van der Waals surface area contributed by atoms with Crippen molar-refractivity contribution in [2.75, 3.05) is 36.2 Å². The molecule has 1 saturated carbocycles. The van der Waals surface area contributed by atoms with Crippen LogP contribution in [0.1, 0.15) is 77.3 Å². The first kappa shape index (κ1) is 42.6. The standard InChI is InChI=1S/C41H49BrClN5O8S/c1-26-24-57(53,25-44-40(52)33-23-47(2)45-41(33)54-3)46-39(51)28-11-15-37-34(20-28)48(21-29-9-12-31(43)19-27(29)7-4-5-18-55-37)22-30-10-13-32(30)36(16-14-35(26)49)56-38(50)8-6-17-42/h9,11-12,14-16,19-20,23,25-26,30,32,35-36,49H,4-8,10,13,17-18,21-22,24H2,1-3H3/b16-14+,44-25?/t26-,30+,32-,35?,36+,57?/m1/s1. The molecule has 306 valence electrons. The van der Waals surface area contributed by atoms with Gasteiger partial charge in [0.2, 0.25) is 5.88 Å². The number of hydrogen-bond donors (Lipinski definition) is 1. The number of carbonyl (C=O) groups excluding carboxylic acids is 3. The van der Waals surface area contributed by atoms with E-state index >= 15 is 0 Å². The number of alkyl halides is 1. The minimum absolute atomic E-state index is 0.0335. The number of ether oxygens (including phenoxy) is 3. The fourth-order valence-electron chi connectivity index (χ4n) is 7.43. The molecule has 2 bridgehead atoms. The van der Waals surface area contributed by atoms with Crippen molar-refractivity contribution in [1.29, 1.82) is 0 Å². The Bertz CT molecular complexity index is 2150. The molecular weight excluding hydrogens is 838 g/mol. The molecule has 0 radical (unpaired) electrons. The number of carbonyl (C=O) groups is 3. The van der Waals surface area contributed by atoms with Crippen molar-refractivity contribution in [2.45, 2.75) is 70.6 Å². The Morgan fingerprint density at radius 1 is 1.16 bits per heavy atom. The van der Waals surface area contributed by atoms with Gasteiger partial charge in [0.25, 0.3) is 11.8 Å². The Morgan fingerprint density at radius 3 is 2.74 bits per heavy atom. The van der Waals surface area contributed by atoms with E-state index < -0.39 is 39.7 Å². The Balaban J connectivity index is 1.47. The van der Waals surface area contributed by atoms with Crippen molar-refractivity contribution >= 4 is 66.3 Å². The summed E-state index contributed by atoms with van der Waals surface area (Å²) in [5.41, 5.74) is 3.98. The summed E-state index contributed by atoms with van der Waals surface area (Å²) in [4.78, 5) is 46.6. The summed E-state index contributed by atoms with van der Waals surface area (Å²) in [5, 5.41) is 16.8. The Hall–Kier alpha value is -4.05. The van der Waals surface area contributed by atoms with E-state index in [4.69, 9.17) is 25.8 Å². The van der Waals surface area contributed by atoms with E-state index in [9.17, 15) is 23.7 Å². The van der Waals surface area contributed by atoms with Gasteiger partial charge >= 0.3 is 5.97 Å². The van der Waals surface area contributed by atoms with Crippen LogP contribution in [0.5, 0.6) is 11.6 Å². The van der Waals surface area contributed by atoms with E-state index in [1.165, 1.54) is 18.0 Å². The zero-order chi connectivity index (χ0) is 40.7. The van der Waals surface area contributed by atoms with Gasteiger partial charge in [0, 0.05) is 60.3 Å². The van der Waals surface area contributed by atoms with Crippen LogP contribution in [0.4, 0.5) is 5.69 Å². The van der Waals surface area contributed by atoms with E-state index in [0.717, 1.165) is 48.8 Å². The summed E-state index contributed by atoms with van der Waals surface area (Å²) >= 11 is 9.87. The minimum Gasteiger partial charge on any atom is -0.491 e. The average molecular weight is 887 g/mol. The van der Waals surface area contributed by atoms with Crippen molar-refractivity contribution in [3.63, 3.8) is 0 Å². The lowest BCUT2D eigenvalue weighted by atomic mass is 9.70. The highest BCUT2D eigenvalue weighted by atomic mass is 79.9. The zero-order valence-electron chi connectivity index (χ0n) is 32.4. The van der Waals surface area contributed by atoms with E-state index in [2.05, 4.69) is 35.3 Å². The second-order valence-corrected chi connectivity index (χ2v) is 18.2. The number of aliphatic hydroxyl groups is 1. The van der Waals surface area contributed by atoms with Gasteiger partial charge in [0.15, 0.2) is 0 Å². The van der Waals surface area contributed by atoms with E-state index in [1.807, 2.05) is 18.2 Å². The number of anilines is 1. The number of esters is 1. The van der Waals surface area contributed by atoms with Crippen LogP contribution in [0.2, 0.25) is 5.02 Å². The summed E-state index contributed by atoms with van der Waals surface area (Å²) in [5.74, 6) is -2.26. The fourth-order valence-corrected chi connectivity index (χ4v) is 9.71. The molecule has 1 aromatic heterocycles. The first-order valence-corrected chi connectivity index (χ1v) is 22.5. The maximum atomic E-state index is 14.7. The Morgan fingerprint density at radius 2 is 1.98 bits per heavy atom. The number of nitrogens with zero attached hydrogens (tertiary/aromatic N) is 5. The largest absolute Gasteiger partial charge is 0.491 e. The lowest BCUT2D eigenvalue weighted by molar-refractivity contribution is -0.152. The maximum Gasteiger partial charge on any atom is 0.306 e. The van der Waals surface area contributed by atoms with Gasteiger partial charge in [-0.3, -0.25) is 19.1 Å².